The Labute approximate surface area is 93.8 Å². The molecule has 0 aliphatic heterocycles. The van der Waals surface area contributed by atoms with Crippen LogP contribution in [-0.2, 0) is 6.54 Å². The third-order valence-corrected chi connectivity index (χ3v) is 2.46. The van der Waals surface area contributed by atoms with Gasteiger partial charge in [-0.2, -0.15) is 5.10 Å². The summed E-state index contributed by atoms with van der Waals surface area (Å²) in [6.45, 7) is 2.54. The van der Waals surface area contributed by atoms with Gasteiger partial charge in [0.25, 0.3) is 0 Å². The standard InChI is InChI=1S/C12H14N2O2/c1-9-8-12(13-14(9)6-7-15)10-2-4-11(16)5-3-10/h2-5,8,15-16H,6-7H2,1H3. The summed E-state index contributed by atoms with van der Waals surface area (Å²) in [7, 11) is 0. The van der Waals surface area contributed by atoms with Gasteiger partial charge in [0.15, 0.2) is 0 Å². The number of aliphatic hydroxyl groups excluding tert-OH is 1. The maximum Gasteiger partial charge on any atom is 0.115 e. The largest absolute Gasteiger partial charge is 0.508 e. The van der Waals surface area contributed by atoms with E-state index in [1.807, 2.05) is 25.1 Å². The minimum Gasteiger partial charge on any atom is -0.508 e. The molecule has 16 heavy (non-hydrogen) atoms. The van der Waals surface area contributed by atoms with E-state index in [-0.39, 0.29) is 12.4 Å². The Morgan fingerprint density at radius 3 is 2.56 bits per heavy atom. The van der Waals surface area contributed by atoms with Crippen LogP contribution in [0.4, 0.5) is 0 Å². The minimum absolute atomic E-state index is 0.0809. The molecule has 0 saturated heterocycles. The van der Waals surface area contributed by atoms with Gasteiger partial charge in [0.1, 0.15) is 5.75 Å². The summed E-state index contributed by atoms with van der Waals surface area (Å²) >= 11 is 0. The second-order valence-electron chi connectivity index (χ2n) is 3.66. The van der Waals surface area contributed by atoms with Crippen molar-refractivity contribution in [3.8, 4) is 17.0 Å². The number of aromatic hydroxyl groups is 1. The number of aliphatic hydroxyl groups is 1. The van der Waals surface area contributed by atoms with E-state index in [9.17, 15) is 5.11 Å². The van der Waals surface area contributed by atoms with E-state index < -0.39 is 0 Å². The lowest BCUT2D eigenvalue weighted by atomic mass is 10.1. The topological polar surface area (TPSA) is 58.3 Å². The van der Waals surface area contributed by atoms with Gasteiger partial charge in [-0.05, 0) is 37.3 Å². The van der Waals surface area contributed by atoms with E-state index >= 15 is 0 Å². The summed E-state index contributed by atoms with van der Waals surface area (Å²) in [5.41, 5.74) is 2.82. The van der Waals surface area contributed by atoms with Gasteiger partial charge in [-0.15, -0.1) is 0 Å². The zero-order valence-electron chi connectivity index (χ0n) is 9.09. The van der Waals surface area contributed by atoms with Gasteiger partial charge in [0.05, 0.1) is 18.8 Å². The lowest BCUT2D eigenvalue weighted by molar-refractivity contribution is 0.268. The first-order valence-corrected chi connectivity index (χ1v) is 5.15. The molecule has 1 heterocycles. The third kappa shape index (κ3) is 2.06. The Hall–Kier alpha value is -1.81. The normalized spacial score (nSPS) is 10.6. The molecule has 2 N–H and O–H groups in total. The fraction of sp³-hybridized carbons (Fsp3) is 0.250. The van der Waals surface area contributed by atoms with E-state index in [4.69, 9.17) is 5.11 Å². The lowest BCUT2D eigenvalue weighted by Crippen LogP contribution is -2.05. The highest BCUT2D eigenvalue weighted by Crippen LogP contribution is 2.21. The molecule has 0 radical (unpaired) electrons. The maximum atomic E-state index is 9.19. The summed E-state index contributed by atoms with van der Waals surface area (Å²) < 4.78 is 1.77. The number of aromatic nitrogens is 2. The first-order chi connectivity index (χ1) is 7.70. The van der Waals surface area contributed by atoms with Gasteiger partial charge in [-0.25, -0.2) is 0 Å². The van der Waals surface area contributed by atoms with Crippen molar-refractivity contribution in [3.05, 3.63) is 36.0 Å². The quantitative estimate of drug-likeness (QED) is 0.821. The Balaban J connectivity index is 2.33. The van der Waals surface area contributed by atoms with E-state index in [0.717, 1.165) is 17.0 Å². The van der Waals surface area contributed by atoms with Gasteiger partial charge in [0.2, 0.25) is 0 Å². The van der Waals surface area contributed by atoms with Gasteiger partial charge in [0, 0.05) is 11.3 Å². The Morgan fingerprint density at radius 2 is 1.94 bits per heavy atom. The van der Waals surface area contributed by atoms with E-state index in [1.165, 1.54) is 0 Å². The van der Waals surface area contributed by atoms with E-state index in [2.05, 4.69) is 5.10 Å². The van der Waals surface area contributed by atoms with Crippen LogP contribution in [0.2, 0.25) is 0 Å². The van der Waals surface area contributed by atoms with Crippen molar-refractivity contribution in [1.29, 1.82) is 0 Å². The zero-order valence-corrected chi connectivity index (χ0v) is 9.09. The molecule has 0 aliphatic rings. The highest BCUT2D eigenvalue weighted by Gasteiger charge is 2.05. The summed E-state index contributed by atoms with van der Waals surface area (Å²) in [6.07, 6.45) is 0. The van der Waals surface area contributed by atoms with Gasteiger partial charge in [-0.3, -0.25) is 4.68 Å². The van der Waals surface area contributed by atoms with Crippen LogP contribution in [0.25, 0.3) is 11.3 Å². The van der Waals surface area contributed by atoms with E-state index in [0.29, 0.717) is 6.54 Å². The van der Waals surface area contributed by atoms with Crippen LogP contribution in [0, 0.1) is 6.92 Å². The Bertz CT molecular complexity index is 474. The van der Waals surface area contributed by atoms with Gasteiger partial charge in [-0.1, -0.05) is 0 Å². The average molecular weight is 218 g/mol. The summed E-state index contributed by atoms with van der Waals surface area (Å²) in [5.74, 6) is 0.246. The first kappa shape index (κ1) is 10.7. The van der Waals surface area contributed by atoms with E-state index in [1.54, 1.807) is 16.8 Å². The molecule has 1 aromatic carbocycles. The number of hydrogen-bond donors (Lipinski definition) is 2. The summed E-state index contributed by atoms with van der Waals surface area (Å²) in [4.78, 5) is 0. The minimum atomic E-state index is 0.0809. The van der Waals surface area contributed by atoms with Gasteiger partial charge >= 0.3 is 0 Å². The Morgan fingerprint density at radius 1 is 1.25 bits per heavy atom. The maximum absolute atomic E-state index is 9.19. The number of phenolic OH excluding ortho intramolecular Hbond substituents is 1. The lowest BCUT2D eigenvalue weighted by Gasteiger charge is -1.99. The molecular weight excluding hydrogens is 204 g/mol. The van der Waals surface area contributed by atoms with Crippen LogP contribution < -0.4 is 0 Å². The summed E-state index contributed by atoms with van der Waals surface area (Å²) in [6, 6.07) is 8.87. The monoisotopic (exact) mass is 218 g/mol. The number of nitrogens with zero attached hydrogens (tertiary/aromatic N) is 2. The van der Waals surface area contributed by atoms with Crippen molar-refractivity contribution >= 4 is 0 Å². The molecule has 84 valence electrons. The molecule has 0 saturated carbocycles. The first-order valence-electron chi connectivity index (χ1n) is 5.15. The highest BCUT2D eigenvalue weighted by molar-refractivity contribution is 5.60. The van der Waals surface area contributed by atoms with Crippen LogP contribution in [0.5, 0.6) is 5.75 Å². The molecule has 4 nitrogen and oxygen atoms in total. The van der Waals surface area contributed by atoms with Crippen molar-refractivity contribution in [2.75, 3.05) is 6.61 Å². The second-order valence-corrected chi connectivity index (χ2v) is 3.66. The van der Waals surface area contributed by atoms with Crippen molar-refractivity contribution < 1.29 is 10.2 Å². The predicted octanol–water partition coefficient (Wildman–Crippen LogP) is 1.56. The van der Waals surface area contributed by atoms with Crippen molar-refractivity contribution in [1.82, 2.24) is 9.78 Å². The molecule has 0 amide bonds. The number of aryl methyl sites for hydroxylation is 1. The highest BCUT2D eigenvalue weighted by atomic mass is 16.3. The number of benzene rings is 1. The molecule has 0 fully saturated rings. The molecule has 4 heteroatoms. The number of rotatable bonds is 3. The molecule has 2 rings (SSSR count). The fourth-order valence-electron chi connectivity index (χ4n) is 1.60. The zero-order chi connectivity index (χ0) is 11.5. The fourth-order valence-corrected chi connectivity index (χ4v) is 1.60. The van der Waals surface area contributed by atoms with Crippen molar-refractivity contribution in [2.45, 2.75) is 13.5 Å². The molecule has 1 aromatic heterocycles. The van der Waals surface area contributed by atoms with Crippen LogP contribution in [0.1, 0.15) is 5.69 Å². The van der Waals surface area contributed by atoms with Gasteiger partial charge < -0.3 is 10.2 Å². The number of phenols is 1. The second kappa shape index (κ2) is 4.37. The van der Waals surface area contributed by atoms with Crippen molar-refractivity contribution in [3.63, 3.8) is 0 Å². The number of hydrogen-bond acceptors (Lipinski definition) is 3. The molecule has 0 unspecified atom stereocenters. The molecule has 0 atom stereocenters. The Kier molecular flexibility index (Phi) is 2.92. The summed E-state index contributed by atoms with van der Waals surface area (Å²) in [5, 5.41) is 22.4. The molecule has 0 aliphatic carbocycles. The van der Waals surface area contributed by atoms with Crippen LogP contribution >= 0.6 is 0 Å². The van der Waals surface area contributed by atoms with Crippen LogP contribution in [0.3, 0.4) is 0 Å². The molecule has 0 bridgehead atoms. The SMILES string of the molecule is Cc1cc(-c2ccc(O)cc2)nn1CCO. The molecular formula is C12H14N2O2. The average Bonchev–Trinajstić information content (AvgIpc) is 2.62. The third-order valence-electron chi connectivity index (χ3n) is 2.46. The van der Waals surface area contributed by atoms with Crippen molar-refractivity contribution in [2.24, 2.45) is 0 Å². The van der Waals surface area contributed by atoms with Crippen LogP contribution in [-0.4, -0.2) is 26.6 Å². The smallest absolute Gasteiger partial charge is 0.115 e. The molecule has 2 aromatic rings. The predicted molar refractivity (Wildman–Crippen MR) is 61.2 cm³/mol. The molecule has 0 spiro atoms. The van der Waals surface area contributed by atoms with Crippen LogP contribution in [0.15, 0.2) is 30.3 Å².